The Hall–Kier alpha value is -2.77. The van der Waals surface area contributed by atoms with Gasteiger partial charge in [-0.2, -0.15) is 18.3 Å². The highest BCUT2D eigenvalue weighted by atomic mass is 19.4. The van der Waals surface area contributed by atoms with Crippen molar-refractivity contribution < 1.29 is 23.1 Å². The number of nitrogens with one attached hydrogen (secondary N) is 1. The van der Waals surface area contributed by atoms with Crippen LogP contribution >= 0.6 is 0 Å². The van der Waals surface area contributed by atoms with Crippen LogP contribution in [0, 0.1) is 0 Å². The number of fused-ring (bicyclic) bond motifs is 1. The SMILES string of the molecule is Cn1nc(-c2c[nH]c3cc(C(F)(F)F)ccc23)cc1C(=O)O. The summed E-state index contributed by atoms with van der Waals surface area (Å²) < 4.78 is 39.3. The molecule has 0 amide bonds. The van der Waals surface area contributed by atoms with Gasteiger partial charge in [0.15, 0.2) is 0 Å². The molecule has 3 rings (SSSR count). The number of carbonyl (C=O) groups is 1. The standard InChI is InChI=1S/C14H10F3N3O2/c1-20-12(13(21)22)5-11(19-20)9-6-18-10-4-7(14(15,16)17)2-3-8(9)10/h2-6,18H,1H3,(H,21,22). The summed E-state index contributed by atoms with van der Waals surface area (Å²) in [4.78, 5) is 13.8. The van der Waals surface area contributed by atoms with E-state index in [9.17, 15) is 18.0 Å². The maximum Gasteiger partial charge on any atom is 0.416 e. The molecule has 2 heterocycles. The summed E-state index contributed by atoms with van der Waals surface area (Å²) in [5.41, 5.74) is 0.488. The second-order valence-electron chi connectivity index (χ2n) is 4.80. The quantitative estimate of drug-likeness (QED) is 0.763. The first-order chi connectivity index (χ1) is 10.3. The van der Waals surface area contributed by atoms with Crippen LogP contribution in [0.15, 0.2) is 30.5 Å². The van der Waals surface area contributed by atoms with E-state index in [0.717, 1.165) is 12.1 Å². The third-order valence-corrected chi connectivity index (χ3v) is 3.38. The fourth-order valence-electron chi connectivity index (χ4n) is 2.31. The molecule has 2 aromatic heterocycles. The summed E-state index contributed by atoms with van der Waals surface area (Å²) in [7, 11) is 1.49. The third-order valence-electron chi connectivity index (χ3n) is 3.38. The number of rotatable bonds is 2. The largest absolute Gasteiger partial charge is 0.477 e. The van der Waals surface area contributed by atoms with E-state index < -0.39 is 17.7 Å². The van der Waals surface area contributed by atoms with Gasteiger partial charge in [0.25, 0.3) is 0 Å². The van der Waals surface area contributed by atoms with Crippen molar-refractivity contribution in [1.82, 2.24) is 14.8 Å². The average Bonchev–Trinajstić information content (AvgIpc) is 3.00. The smallest absolute Gasteiger partial charge is 0.416 e. The van der Waals surface area contributed by atoms with Crippen LogP contribution < -0.4 is 0 Å². The first-order valence-corrected chi connectivity index (χ1v) is 6.23. The van der Waals surface area contributed by atoms with Gasteiger partial charge in [0.2, 0.25) is 0 Å². The predicted molar refractivity (Wildman–Crippen MR) is 72.5 cm³/mol. The Kier molecular flexibility index (Phi) is 2.98. The lowest BCUT2D eigenvalue weighted by molar-refractivity contribution is -0.137. The Morgan fingerprint density at radius 2 is 2.05 bits per heavy atom. The van der Waals surface area contributed by atoms with Gasteiger partial charge in [-0.15, -0.1) is 0 Å². The number of aromatic nitrogens is 3. The molecule has 0 radical (unpaired) electrons. The molecule has 0 saturated carbocycles. The normalized spacial score (nSPS) is 12.0. The Balaban J connectivity index is 2.13. The Morgan fingerprint density at radius 3 is 2.64 bits per heavy atom. The number of nitrogens with zero attached hydrogens (tertiary/aromatic N) is 2. The molecule has 5 nitrogen and oxygen atoms in total. The van der Waals surface area contributed by atoms with Gasteiger partial charge in [-0.05, 0) is 18.2 Å². The van der Waals surface area contributed by atoms with Crippen molar-refractivity contribution in [3.05, 3.63) is 41.7 Å². The number of carboxylic acids is 1. The molecule has 0 atom stereocenters. The van der Waals surface area contributed by atoms with E-state index in [0.29, 0.717) is 22.2 Å². The second kappa shape index (κ2) is 4.62. The second-order valence-corrected chi connectivity index (χ2v) is 4.80. The molecule has 2 N–H and O–H groups in total. The highest BCUT2D eigenvalue weighted by molar-refractivity contribution is 5.96. The Labute approximate surface area is 122 Å². The van der Waals surface area contributed by atoms with Crippen LogP contribution in [-0.4, -0.2) is 25.8 Å². The molecule has 3 aromatic rings. The van der Waals surface area contributed by atoms with Crippen molar-refractivity contribution in [3.63, 3.8) is 0 Å². The number of H-pyrrole nitrogens is 1. The molecular formula is C14H10F3N3O2. The summed E-state index contributed by atoms with van der Waals surface area (Å²) in [6.45, 7) is 0. The topological polar surface area (TPSA) is 70.9 Å². The van der Waals surface area contributed by atoms with E-state index in [1.807, 2.05) is 0 Å². The Morgan fingerprint density at radius 1 is 1.32 bits per heavy atom. The maximum atomic E-state index is 12.7. The minimum Gasteiger partial charge on any atom is -0.477 e. The third kappa shape index (κ3) is 2.22. The number of aromatic carboxylic acids is 1. The molecule has 8 heteroatoms. The molecule has 114 valence electrons. The summed E-state index contributed by atoms with van der Waals surface area (Å²) in [5, 5.41) is 13.7. The van der Waals surface area contributed by atoms with Gasteiger partial charge in [-0.3, -0.25) is 4.68 Å². The highest BCUT2D eigenvalue weighted by Crippen LogP contribution is 2.34. The van der Waals surface area contributed by atoms with Crippen LogP contribution in [0.2, 0.25) is 0 Å². The molecule has 0 unspecified atom stereocenters. The number of carboxylic acid groups (broad SMARTS) is 1. The number of benzene rings is 1. The van der Waals surface area contributed by atoms with Gasteiger partial charge >= 0.3 is 12.1 Å². The number of hydrogen-bond acceptors (Lipinski definition) is 2. The zero-order chi connectivity index (χ0) is 16.1. The minimum atomic E-state index is -4.42. The average molecular weight is 309 g/mol. The van der Waals surface area contributed by atoms with Crippen LogP contribution in [0.3, 0.4) is 0 Å². The highest BCUT2D eigenvalue weighted by Gasteiger charge is 2.30. The fraction of sp³-hybridized carbons (Fsp3) is 0.143. The number of halogens is 3. The van der Waals surface area contributed by atoms with E-state index in [4.69, 9.17) is 5.11 Å². The molecule has 0 saturated heterocycles. The summed E-state index contributed by atoms with van der Waals surface area (Å²) in [6.07, 6.45) is -2.90. The molecule has 0 aliphatic heterocycles. The molecule has 0 fully saturated rings. The van der Waals surface area contributed by atoms with Crippen LogP contribution in [0.4, 0.5) is 13.2 Å². The van der Waals surface area contributed by atoms with Crippen molar-refractivity contribution in [2.75, 3.05) is 0 Å². The van der Waals surface area contributed by atoms with Crippen molar-refractivity contribution >= 4 is 16.9 Å². The lowest BCUT2D eigenvalue weighted by atomic mass is 10.1. The number of aryl methyl sites for hydroxylation is 1. The monoisotopic (exact) mass is 309 g/mol. The summed E-state index contributed by atoms with van der Waals surface area (Å²) >= 11 is 0. The summed E-state index contributed by atoms with van der Waals surface area (Å²) in [6, 6.07) is 4.72. The van der Waals surface area contributed by atoms with Crippen LogP contribution in [0.1, 0.15) is 16.1 Å². The van der Waals surface area contributed by atoms with Gasteiger partial charge in [-0.1, -0.05) is 6.07 Å². The van der Waals surface area contributed by atoms with Crippen LogP contribution in [0.25, 0.3) is 22.2 Å². The molecular weight excluding hydrogens is 299 g/mol. The van der Waals surface area contributed by atoms with E-state index >= 15 is 0 Å². The van der Waals surface area contributed by atoms with E-state index in [2.05, 4.69) is 10.1 Å². The van der Waals surface area contributed by atoms with Crippen molar-refractivity contribution in [2.45, 2.75) is 6.18 Å². The van der Waals surface area contributed by atoms with E-state index in [1.165, 1.54) is 30.1 Å². The fourth-order valence-corrected chi connectivity index (χ4v) is 2.31. The minimum absolute atomic E-state index is 0.00346. The van der Waals surface area contributed by atoms with Gasteiger partial charge in [0.1, 0.15) is 5.69 Å². The predicted octanol–water partition coefficient (Wildman–Crippen LogP) is 3.29. The maximum absolute atomic E-state index is 12.7. The lowest BCUT2D eigenvalue weighted by Crippen LogP contribution is -2.04. The number of aromatic amines is 1. The van der Waals surface area contributed by atoms with E-state index in [1.54, 1.807) is 0 Å². The van der Waals surface area contributed by atoms with Crippen LogP contribution in [-0.2, 0) is 13.2 Å². The van der Waals surface area contributed by atoms with Crippen molar-refractivity contribution in [2.24, 2.45) is 7.05 Å². The van der Waals surface area contributed by atoms with Crippen LogP contribution in [0.5, 0.6) is 0 Å². The lowest BCUT2D eigenvalue weighted by Gasteiger charge is -2.06. The molecule has 22 heavy (non-hydrogen) atoms. The van der Waals surface area contributed by atoms with Gasteiger partial charge in [0, 0.05) is 29.7 Å². The zero-order valence-corrected chi connectivity index (χ0v) is 11.3. The van der Waals surface area contributed by atoms with Crippen molar-refractivity contribution in [3.8, 4) is 11.3 Å². The van der Waals surface area contributed by atoms with E-state index in [-0.39, 0.29) is 5.69 Å². The van der Waals surface area contributed by atoms with Gasteiger partial charge < -0.3 is 10.1 Å². The first-order valence-electron chi connectivity index (χ1n) is 6.23. The molecule has 0 bridgehead atoms. The Bertz CT molecular complexity index is 877. The number of alkyl halides is 3. The molecule has 0 spiro atoms. The first kappa shape index (κ1) is 14.2. The number of hydrogen-bond donors (Lipinski definition) is 2. The van der Waals surface area contributed by atoms with Gasteiger partial charge in [0.05, 0.1) is 11.3 Å². The molecule has 1 aromatic carbocycles. The van der Waals surface area contributed by atoms with Crippen molar-refractivity contribution in [1.29, 1.82) is 0 Å². The summed E-state index contributed by atoms with van der Waals surface area (Å²) in [5.74, 6) is -1.12. The molecule has 0 aliphatic carbocycles. The van der Waals surface area contributed by atoms with Gasteiger partial charge in [-0.25, -0.2) is 4.79 Å². The molecule has 0 aliphatic rings. The zero-order valence-electron chi connectivity index (χ0n) is 11.3.